The van der Waals surface area contributed by atoms with Gasteiger partial charge in [0, 0.05) is 5.39 Å². The van der Waals surface area contributed by atoms with Crippen LogP contribution in [0.15, 0.2) is 54.6 Å². The van der Waals surface area contributed by atoms with E-state index in [0.29, 0.717) is 5.69 Å². The Labute approximate surface area is 144 Å². The molecule has 5 heteroatoms. The van der Waals surface area contributed by atoms with Crippen LogP contribution in [0.1, 0.15) is 6.92 Å². The maximum absolute atomic E-state index is 13.2. The Morgan fingerprint density at radius 1 is 1.04 bits per heavy atom. The van der Waals surface area contributed by atoms with E-state index in [4.69, 9.17) is 4.74 Å². The second-order valence-electron chi connectivity index (χ2n) is 7.20. The number of aliphatic hydroxyl groups excluding tert-OH is 1. The number of carbonyl (C=O) groups is 2. The first-order valence-corrected chi connectivity index (χ1v) is 8.38. The molecule has 0 radical (unpaired) electrons. The zero-order valence-corrected chi connectivity index (χ0v) is 13.7. The number of aliphatic hydroxyl groups is 1. The lowest BCUT2D eigenvalue weighted by molar-refractivity contribution is -0.131. The van der Waals surface area contributed by atoms with Crippen LogP contribution in [-0.4, -0.2) is 34.7 Å². The van der Waals surface area contributed by atoms with E-state index >= 15 is 0 Å². The summed E-state index contributed by atoms with van der Waals surface area (Å²) in [6, 6.07) is 13.3. The van der Waals surface area contributed by atoms with Gasteiger partial charge >= 0.3 is 0 Å². The molecule has 5 rings (SSSR count). The summed E-state index contributed by atoms with van der Waals surface area (Å²) in [5.41, 5.74) is -1.34. The lowest BCUT2D eigenvalue weighted by Crippen LogP contribution is -2.43. The van der Waals surface area contributed by atoms with Crippen LogP contribution >= 0.6 is 0 Å². The summed E-state index contributed by atoms with van der Waals surface area (Å²) >= 11 is 0. The first-order valence-electron chi connectivity index (χ1n) is 8.38. The van der Waals surface area contributed by atoms with Crippen molar-refractivity contribution in [3.8, 4) is 0 Å². The normalized spacial score (nSPS) is 35.8. The molecule has 2 aromatic rings. The SMILES string of the molecule is C[C@@]12C=C[C@@](CO)(O1)[C@H]1C(=O)N(c3cccc4ccccc34)C(=O)[C@@H]12. The van der Waals surface area contributed by atoms with Crippen molar-refractivity contribution in [2.45, 2.75) is 18.1 Å². The first-order chi connectivity index (χ1) is 12.0. The molecule has 2 aromatic carbocycles. The molecule has 2 fully saturated rings. The number of anilines is 1. The van der Waals surface area contributed by atoms with Gasteiger partial charge in [0.25, 0.3) is 0 Å². The summed E-state index contributed by atoms with van der Waals surface area (Å²) in [5.74, 6) is -1.84. The average Bonchev–Trinajstić information content (AvgIpc) is 3.20. The predicted octanol–water partition coefficient (Wildman–Crippen LogP) is 2.04. The summed E-state index contributed by atoms with van der Waals surface area (Å²) in [7, 11) is 0. The van der Waals surface area contributed by atoms with Crippen LogP contribution in [0.4, 0.5) is 5.69 Å². The molecule has 25 heavy (non-hydrogen) atoms. The molecule has 0 saturated carbocycles. The van der Waals surface area contributed by atoms with Crippen molar-refractivity contribution in [3.63, 3.8) is 0 Å². The second-order valence-corrected chi connectivity index (χ2v) is 7.20. The smallest absolute Gasteiger partial charge is 0.241 e. The van der Waals surface area contributed by atoms with Gasteiger partial charge in [-0.3, -0.25) is 9.59 Å². The monoisotopic (exact) mass is 335 g/mol. The number of nitrogens with zero attached hydrogens (tertiary/aromatic N) is 1. The maximum atomic E-state index is 13.2. The molecule has 2 bridgehead atoms. The number of amides is 2. The maximum Gasteiger partial charge on any atom is 0.241 e. The van der Waals surface area contributed by atoms with E-state index in [9.17, 15) is 14.7 Å². The third-order valence-electron chi connectivity index (χ3n) is 5.81. The highest BCUT2D eigenvalue weighted by atomic mass is 16.5. The number of ether oxygens (including phenoxy) is 1. The minimum Gasteiger partial charge on any atom is -0.393 e. The Hall–Kier alpha value is -2.50. The largest absolute Gasteiger partial charge is 0.393 e. The summed E-state index contributed by atoms with van der Waals surface area (Å²) in [4.78, 5) is 27.7. The molecule has 2 saturated heterocycles. The number of benzene rings is 2. The Kier molecular flexibility index (Phi) is 2.70. The highest BCUT2D eigenvalue weighted by Crippen LogP contribution is 2.57. The zero-order valence-electron chi connectivity index (χ0n) is 13.7. The number of carbonyl (C=O) groups excluding carboxylic acids is 2. The summed E-state index contributed by atoms with van der Waals surface area (Å²) in [6.07, 6.45) is 3.55. The number of hydrogen-bond acceptors (Lipinski definition) is 4. The highest BCUT2D eigenvalue weighted by molar-refractivity contribution is 6.26. The number of rotatable bonds is 2. The van der Waals surface area contributed by atoms with Gasteiger partial charge in [-0.05, 0) is 18.4 Å². The first kappa shape index (κ1) is 14.8. The Morgan fingerprint density at radius 2 is 1.76 bits per heavy atom. The molecule has 3 aliphatic rings. The van der Waals surface area contributed by atoms with Crippen molar-refractivity contribution < 1.29 is 19.4 Å². The van der Waals surface area contributed by atoms with Crippen LogP contribution < -0.4 is 4.90 Å². The molecule has 0 spiro atoms. The molecule has 5 nitrogen and oxygen atoms in total. The van der Waals surface area contributed by atoms with Gasteiger partial charge in [-0.15, -0.1) is 0 Å². The fourth-order valence-corrected chi connectivity index (χ4v) is 4.68. The number of fused-ring (bicyclic) bond motifs is 6. The van der Waals surface area contributed by atoms with Gasteiger partial charge in [-0.2, -0.15) is 0 Å². The minimum absolute atomic E-state index is 0.256. The Balaban J connectivity index is 1.69. The topological polar surface area (TPSA) is 66.8 Å². The van der Waals surface area contributed by atoms with Crippen molar-refractivity contribution in [1.82, 2.24) is 0 Å². The molecule has 3 aliphatic heterocycles. The van der Waals surface area contributed by atoms with E-state index in [1.807, 2.05) is 49.4 Å². The molecule has 4 atom stereocenters. The second kappa shape index (κ2) is 4.56. The molecule has 0 unspecified atom stereocenters. The van der Waals surface area contributed by atoms with E-state index in [1.54, 1.807) is 12.1 Å². The van der Waals surface area contributed by atoms with E-state index < -0.39 is 23.0 Å². The zero-order chi connectivity index (χ0) is 17.4. The number of hydrogen-bond donors (Lipinski definition) is 1. The van der Waals surface area contributed by atoms with Crippen LogP contribution in [0.2, 0.25) is 0 Å². The van der Waals surface area contributed by atoms with Crippen molar-refractivity contribution in [2.75, 3.05) is 11.5 Å². The Morgan fingerprint density at radius 3 is 2.56 bits per heavy atom. The van der Waals surface area contributed by atoms with Gasteiger partial charge in [0.2, 0.25) is 11.8 Å². The minimum atomic E-state index is -1.09. The standard InChI is InChI=1S/C20H17NO4/c1-19-9-10-20(11-22,25-19)16-15(19)17(23)21(18(16)24)14-8-4-6-12-5-2-3-7-13(12)14/h2-10,15-16,22H,11H2,1H3/t15-,16-,19+,20+/m1/s1. The molecular formula is C20H17NO4. The summed E-state index contributed by atoms with van der Waals surface area (Å²) < 4.78 is 5.95. The van der Waals surface area contributed by atoms with Crippen LogP contribution in [0.25, 0.3) is 10.8 Å². The van der Waals surface area contributed by atoms with Gasteiger partial charge in [0.05, 0.1) is 29.7 Å². The van der Waals surface area contributed by atoms with Gasteiger partial charge < -0.3 is 9.84 Å². The Bertz CT molecular complexity index is 962. The predicted molar refractivity (Wildman–Crippen MR) is 91.9 cm³/mol. The quantitative estimate of drug-likeness (QED) is 0.674. The molecule has 1 N–H and O–H groups in total. The number of imide groups is 1. The molecular weight excluding hydrogens is 318 g/mol. The summed E-state index contributed by atoms with van der Waals surface area (Å²) in [6.45, 7) is 1.49. The van der Waals surface area contributed by atoms with Gasteiger partial charge in [-0.25, -0.2) is 4.90 Å². The van der Waals surface area contributed by atoms with Crippen molar-refractivity contribution >= 4 is 28.3 Å². The average molecular weight is 335 g/mol. The van der Waals surface area contributed by atoms with E-state index in [1.165, 1.54) is 4.90 Å². The van der Waals surface area contributed by atoms with Crippen LogP contribution in [0.5, 0.6) is 0 Å². The van der Waals surface area contributed by atoms with Gasteiger partial charge in [0.15, 0.2) is 0 Å². The van der Waals surface area contributed by atoms with Crippen LogP contribution in [0.3, 0.4) is 0 Å². The molecule has 0 aromatic heterocycles. The van der Waals surface area contributed by atoms with Crippen molar-refractivity contribution in [2.24, 2.45) is 11.8 Å². The van der Waals surface area contributed by atoms with E-state index in [-0.39, 0.29) is 18.4 Å². The van der Waals surface area contributed by atoms with Gasteiger partial charge in [0.1, 0.15) is 5.60 Å². The highest BCUT2D eigenvalue weighted by Gasteiger charge is 2.72. The fraction of sp³-hybridized carbons (Fsp3) is 0.300. The molecule has 0 aliphatic carbocycles. The van der Waals surface area contributed by atoms with Gasteiger partial charge in [-0.1, -0.05) is 48.6 Å². The third kappa shape index (κ3) is 1.64. The van der Waals surface area contributed by atoms with Crippen LogP contribution in [0, 0.1) is 11.8 Å². The van der Waals surface area contributed by atoms with E-state index in [0.717, 1.165) is 10.8 Å². The summed E-state index contributed by atoms with van der Waals surface area (Å²) in [5, 5.41) is 11.7. The molecule has 3 heterocycles. The lowest BCUT2D eigenvalue weighted by Gasteiger charge is -2.27. The molecule has 2 amide bonds. The van der Waals surface area contributed by atoms with Crippen molar-refractivity contribution in [1.29, 1.82) is 0 Å². The fourth-order valence-electron chi connectivity index (χ4n) is 4.68. The van der Waals surface area contributed by atoms with Crippen molar-refractivity contribution in [3.05, 3.63) is 54.6 Å². The molecule has 126 valence electrons. The lowest BCUT2D eigenvalue weighted by atomic mass is 9.73. The third-order valence-corrected chi connectivity index (χ3v) is 5.81. The van der Waals surface area contributed by atoms with E-state index in [2.05, 4.69) is 0 Å². The van der Waals surface area contributed by atoms with Crippen LogP contribution in [-0.2, 0) is 14.3 Å².